The average Bonchev–Trinajstić information content (AvgIpc) is 3.44. The van der Waals surface area contributed by atoms with Gasteiger partial charge < -0.3 is 33.1 Å². The first-order chi connectivity index (χ1) is 20.0. The van der Waals surface area contributed by atoms with E-state index in [1.54, 1.807) is 12.5 Å². The predicted octanol–water partition coefficient (Wildman–Crippen LogP) is 4.28. The van der Waals surface area contributed by atoms with Crippen molar-refractivity contribution in [3.63, 3.8) is 0 Å². The molecule has 0 aromatic carbocycles. The van der Waals surface area contributed by atoms with Crippen molar-refractivity contribution in [1.82, 2.24) is 4.90 Å². The topological polar surface area (TPSA) is 112 Å². The van der Waals surface area contributed by atoms with Crippen molar-refractivity contribution in [1.29, 1.82) is 0 Å². The molecule has 2 saturated carbocycles. The van der Waals surface area contributed by atoms with E-state index >= 15 is 0 Å². The van der Waals surface area contributed by atoms with Gasteiger partial charge in [0.2, 0.25) is 0 Å². The number of carbonyl (C=O) groups excluding carboxylic acids is 2. The number of cyclic esters (lactones) is 2. The summed E-state index contributed by atoms with van der Waals surface area (Å²) in [5.74, 6) is -0.521. The van der Waals surface area contributed by atoms with E-state index in [4.69, 9.17) is 33.4 Å². The fraction of sp³-hybridized carbons (Fsp3) is 0.781. The van der Waals surface area contributed by atoms with Crippen molar-refractivity contribution >= 4 is 17.7 Å². The van der Waals surface area contributed by atoms with Crippen LogP contribution in [-0.2, 0) is 33.4 Å². The van der Waals surface area contributed by atoms with E-state index in [9.17, 15) is 9.59 Å². The highest BCUT2D eigenvalue weighted by atomic mass is 16.7. The molecule has 0 unspecified atom stereocenters. The fourth-order valence-electron chi connectivity index (χ4n) is 10.3. The first-order valence-corrected chi connectivity index (χ1v) is 15.6. The molecule has 6 fully saturated rings. The number of fused-ring (bicyclic) bond motifs is 1. The van der Waals surface area contributed by atoms with Gasteiger partial charge in [0.1, 0.15) is 24.9 Å². The van der Waals surface area contributed by atoms with Crippen LogP contribution < -0.4 is 0 Å². The highest BCUT2D eigenvalue weighted by molar-refractivity contribution is 5.96. The van der Waals surface area contributed by atoms with Crippen LogP contribution in [0.2, 0.25) is 0 Å². The number of nitrogens with zero attached hydrogens (tertiary/aromatic N) is 2. The SMILES string of the molecule is CCN(CC)CCO/N=C1/C[C@H]2C(C)(C)O[C@H]3CC(=O)OC[C@]32[C@H]2CC[C@@]3(C)[C@H](c4ccoc4)OC(=O)[C@H]4O[C@]43[C@]12C. The van der Waals surface area contributed by atoms with Crippen LogP contribution in [0.15, 0.2) is 28.2 Å². The quantitative estimate of drug-likeness (QED) is 0.201. The van der Waals surface area contributed by atoms with Crippen LogP contribution in [0.25, 0.3) is 0 Å². The molecule has 1 aromatic heterocycles. The molecule has 0 N–H and O–H groups in total. The van der Waals surface area contributed by atoms with E-state index in [1.807, 2.05) is 6.07 Å². The van der Waals surface area contributed by atoms with Gasteiger partial charge in [-0.2, -0.15) is 0 Å². The van der Waals surface area contributed by atoms with Gasteiger partial charge in [0.05, 0.1) is 36.4 Å². The maximum atomic E-state index is 13.6. The smallest absolute Gasteiger partial charge is 0.339 e. The van der Waals surface area contributed by atoms with E-state index in [-0.39, 0.29) is 36.3 Å². The number of hydrogen-bond donors (Lipinski definition) is 0. The number of ether oxygens (including phenoxy) is 4. The number of carbonyl (C=O) groups is 2. The second kappa shape index (κ2) is 9.29. The van der Waals surface area contributed by atoms with Crippen molar-refractivity contribution < 1.29 is 37.8 Å². The Kier molecular flexibility index (Phi) is 6.27. The van der Waals surface area contributed by atoms with E-state index in [2.05, 4.69) is 46.4 Å². The average molecular weight is 585 g/mol. The van der Waals surface area contributed by atoms with Crippen LogP contribution in [0.1, 0.15) is 78.9 Å². The molecule has 0 radical (unpaired) electrons. The van der Waals surface area contributed by atoms with Gasteiger partial charge in [-0.1, -0.05) is 32.9 Å². The molecule has 6 aliphatic rings. The first kappa shape index (κ1) is 28.3. The number of furan rings is 1. The van der Waals surface area contributed by atoms with E-state index in [0.717, 1.165) is 43.8 Å². The highest BCUT2D eigenvalue weighted by Crippen LogP contribution is 2.80. The molecule has 5 heterocycles. The number of epoxide rings is 1. The lowest BCUT2D eigenvalue weighted by atomic mass is 9.37. The fourth-order valence-corrected chi connectivity index (χ4v) is 10.3. The molecule has 10 heteroatoms. The van der Waals surface area contributed by atoms with Crippen LogP contribution in [0, 0.1) is 28.1 Å². The number of esters is 2. The zero-order valence-corrected chi connectivity index (χ0v) is 25.6. The van der Waals surface area contributed by atoms with E-state index < -0.39 is 39.7 Å². The van der Waals surface area contributed by atoms with Crippen molar-refractivity contribution in [2.24, 2.45) is 33.2 Å². The summed E-state index contributed by atoms with van der Waals surface area (Å²) >= 11 is 0. The van der Waals surface area contributed by atoms with Crippen LogP contribution in [0.3, 0.4) is 0 Å². The maximum absolute atomic E-state index is 13.6. The Hall–Kier alpha value is -2.43. The molecular formula is C32H44N2O8. The summed E-state index contributed by atoms with van der Waals surface area (Å²) in [5, 5.41) is 4.94. The van der Waals surface area contributed by atoms with Crippen LogP contribution >= 0.6 is 0 Å². The van der Waals surface area contributed by atoms with Crippen molar-refractivity contribution in [3.8, 4) is 0 Å². The minimum absolute atomic E-state index is 0.0114. The zero-order valence-electron chi connectivity index (χ0n) is 25.6. The van der Waals surface area contributed by atoms with Crippen LogP contribution in [0.4, 0.5) is 0 Å². The third-order valence-electron chi connectivity index (χ3n) is 12.3. The van der Waals surface area contributed by atoms with Crippen LogP contribution in [-0.4, -0.2) is 78.8 Å². The van der Waals surface area contributed by atoms with Gasteiger partial charge in [-0.3, -0.25) is 4.79 Å². The molecule has 7 rings (SSSR count). The zero-order chi connectivity index (χ0) is 29.7. The van der Waals surface area contributed by atoms with Gasteiger partial charge in [0, 0.05) is 34.3 Å². The second-order valence-electron chi connectivity index (χ2n) is 14.2. The van der Waals surface area contributed by atoms with Gasteiger partial charge in [-0.25, -0.2) is 4.79 Å². The van der Waals surface area contributed by atoms with Gasteiger partial charge in [-0.05, 0) is 58.2 Å². The monoisotopic (exact) mass is 584 g/mol. The minimum atomic E-state index is -0.861. The molecule has 0 amide bonds. The number of likely N-dealkylation sites (N-methyl/N-ethyl adjacent to an activating group) is 1. The summed E-state index contributed by atoms with van der Waals surface area (Å²) in [7, 11) is 0. The lowest BCUT2D eigenvalue weighted by molar-refractivity contribution is -0.209. The van der Waals surface area contributed by atoms with Crippen molar-refractivity contribution in [2.45, 2.75) is 96.7 Å². The molecule has 1 aromatic rings. The Morgan fingerprint density at radius 3 is 2.55 bits per heavy atom. The Balaban J connectivity index is 1.36. The van der Waals surface area contributed by atoms with Gasteiger partial charge in [-0.15, -0.1) is 0 Å². The minimum Gasteiger partial charge on any atom is -0.472 e. The Morgan fingerprint density at radius 1 is 1.05 bits per heavy atom. The Morgan fingerprint density at radius 2 is 1.83 bits per heavy atom. The molecule has 230 valence electrons. The summed E-state index contributed by atoms with van der Waals surface area (Å²) in [5.41, 5.74) is -1.27. The van der Waals surface area contributed by atoms with E-state index in [1.165, 1.54) is 0 Å². The summed E-state index contributed by atoms with van der Waals surface area (Å²) in [6, 6.07) is 1.87. The Labute approximate surface area is 247 Å². The molecular weight excluding hydrogens is 540 g/mol. The lowest BCUT2D eigenvalue weighted by Gasteiger charge is -2.65. The van der Waals surface area contributed by atoms with E-state index in [0.29, 0.717) is 19.6 Å². The third kappa shape index (κ3) is 3.40. The largest absolute Gasteiger partial charge is 0.472 e. The molecule has 4 aliphatic heterocycles. The maximum Gasteiger partial charge on any atom is 0.339 e. The van der Waals surface area contributed by atoms with Gasteiger partial charge in [0.15, 0.2) is 6.10 Å². The highest BCUT2D eigenvalue weighted by Gasteiger charge is 2.89. The van der Waals surface area contributed by atoms with Crippen molar-refractivity contribution in [3.05, 3.63) is 24.2 Å². The molecule has 10 nitrogen and oxygen atoms in total. The van der Waals surface area contributed by atoms with Crippen molar-refractivity contribution in [2.75, 3.05) is 32.8 Å². The standard InChI is InChI=1S/C32H44N2O8/c1-7-34(8-2)12-14-39-33-22-15-21-28(3,4)41-23-16-24(35)38-18-31(21,23)20-9-11-29(5)25(19-10-13-37-17-19)40-27(36)26-32(29,42-26)30(20,22)6/h10,13,17,20-21,23,25-26H,7-9,11-12,14-16,18H2,1-6H3/b33-22-/t20-,21-,23-,25-,26+,29-,30-,31+,32+/m0/s1. The molecule has 2 spiro atoms. The number of rotatable bonds is 7. The first-order valence-electron chi connectivity index (χ1n) is 15.6. The van der Waals surface area contributed by atoms with Crippen LogP contribution in [0.5, 0.6) is 0 Å². The third-order valence-corrected chi connectivity index (χ3v) is 12.3. The lowest BCUT2D eigenvalue weighted by Crippen LogP contribution is -2.72. The summed E-state index contributed by atoms with van der Waals surface area (Å²) in [6.07, 6.45) is 4.21. The molecule has 9 atom stereocenters. The predicted molar refractivity (Wildman–Crippen MR) is 150 cm³/mol. The second-order valence-corrected chi connectivity index (χ2v) is 14.2. The summed E-state index contributed by atoms with van der Waals surface area (Å²) in [4.78, 5) is 34.6. The number of oxime groups is 1. The molecule has 2 aliphatic carbocycles. The molecule has 42 heavy (non-hydrogen) atoms. The molecule has 4 saturated heterocycles. The Bertz CT molecular complexity index is 1290. The summed E-state index contributed by atoms with van der Waals surface area (Å²) in [6.45, 7) is 16.4. The molecule has 0 bridgehead atoms. The normalized spacial score (nSPS) is 45.7. The summed E-state index contributed by atoms with van der Waals surface area (Å²) < 4.78 is 30.9. The van der Waals surface area contributed by atoms with Gasteiger partial charge in [0.25, 0.3) is 0 Å². The number of hydrogen-bond acceptors (Lipinski definition) is 10. The van der Waals surface area contributed by atoms with Gasteiger partial charge >= 0.3 is 11.9 Å².